The predicted octanol–water partition coefficient (Wildman–Crippen LogP) is 3.76. The Balaban J connectivity index is 2.00. The molecule has 3 rings (SSSR count). The number of carbonyl (C=O) groups is 2. The van der Waals surface area contributed by atoms with E-state index >= 15 is 0 Å². The van der Waals surface area contributed by atoms with Crippen LogP contribution in [0.4, 0.5) is 22.0 Å². The standard InChI is InChI=1S/C20H24ClN5O2/c1-12(2)25-11-16-17(9-10-18(23-16)24-19(27)13(3)22-4)26(20(25)28)15-7-5-14(21)6-8-15/h5-10,12-13,22H,11H2,1-4H3,(H,23,24,27). The van der Waals surface area contributed by atoms with Gasteiger partial charge in [-0.15, -0.1) is 0 Å². The molecule has 2 aromatic rings. The van der Waals surface area contributed by atoms with E-state index in [-0.39, 0.29) is 24.0 Å². The van der Waals surface area contributed by atoms with Gasteiger partial charge in [0.15, 0.2) is 0 Å². The second-order valence-electron chi connectivity index (χ2n) is 6.98. The minimum absolute atomic E-state index is 0.000175. The fourth-order valence-corrected chi connectivity index (χ4v) is 3.08. The third-order valence-electron chi connectivity index (χ3n) is 4.73. The zero-order chi connectivity index (χ0) is 20.4. The number of nitrogens with zero attached hydrogens (tertiary/aromatic N) is 3. The maximum atomic E-state index is 13.1. The maximum Gasteiger partial charge on any atom is 0.329 e. The zero-order valence-electron chi connectivity index (χ0n) is 16.4. The van der Waals surface area contributed by atoms with Crippen molar-refractivity contribution in [1.82, 2.24) is 15.2 Å². The lowest BCUT2D eigenvalue weighted by Gasteiger charge is -2.38. The number of nitrogens with one attached hydrogen (secondary N) is 2. The summed E-state index contributed by atoms with van der Waals surface area (Å²) in [7, 11) is 1.72. The minimum Gasteiger partial charge on any atom is -0.316 e. The molecule has 2 N–H and O–H groups in total. The Morgan fingerprint density at radius 3 is 2.43 bits per heavy atom. The van der Waals surface area contributed by atoms with Gasteiger partial charge in [-0.1, -0.05) is 11.6 Å². The van der Waals surface area contributed by atoms with E-state index in [1.165, 1.54) is 0 Å². The molecule has 0 aliphatic carbocycles. The number of fused-ring (bicyclic) bond motifs is 1. The van der Waals surface area contributed by atoms with E-state index in [1.807, 2.05) is 19.9 Å². The van der Waals surface area contributed by atoms with Gasteiger partial charge in [-0.25, -0.2) is 9.78 Å². The second-order valence-corrected chi connectivity index (χ2v) is 7.41. The number of amides is 3. The molecule has 1 aromatic carbocycles. The van der Waals surface area contributed by atoms with Crippen molar-refractivity contribution in [3.05, 3.63) is 47.1 Å². The number of hydrogen-bond donors (Lipinski definition) is 2. The molecular weight excluding hydrogens is 378 g/mol. The van der Waals surface area contributed by atoms with Crippen molar-refractivity contribution >= 4 is 40.7 Å². The first-order chi connectivity index (χ1) is 13.3. The number of carbonyl (C=O) groups excluding carboxylic acids is 2. The largest absolute Gasteiger partial charge is 0.329 e. The monoisotopic (exact) mass is 401 g/mol. The number of pyridine rings is 1. The topological polar surface area (TPSA) is 77.6 Å². The normalized spacial score (nSPS) is 14.9. The Morgan fingerprint density at radius 2 is 1.82 bits per heavy atom. The molecule has 0 saturated carbocycles. The molecular formula is C20H24ClN5O2. The van der Waals surface area contributed by atoms with Crippen molar-refractivity contribution in [3.8, 4) is 0 Å². The van der Waals surface area contributed by atoms with Gasteiger partial charge in [0.1, 0.15) is 5.82 Å². The minimum atomic E-state index is -0.336. The summed E-state index contributed by atoms with van der Waals surface area (Å²) in [4.78, 5) is 33.3. The van der Waals surface area contributed by atoms with E-state index in [2.05, 4.69) is 15.6 Å². The molecule has 0 radical (unpaired) electrons. The van der Waals surface area contributed by atoms with Crippen molar-refractivity contribution in [2.45, 2.75) is 39.4 Å². The molecule has 28 heavy (non-hydrogen) atoms. The molecule has 7 nitrogen and oxygen atoms in total. The van der Waals surface area contributed by atoms with E-state index in [1.54, 1.807) is 54.1 Å². The third kappa shape index (κ3) is 3.95. The lowest BCUT2D eigenvalue weighted by atomic mass is 10.1. The average molecular weight is 402 g/mol. The van der Waals surface area contributed by atoms with Gasteiger partial charge in [0, 0.05) is 11.1 Å². The predicted molar refractivity (Wildman–Crippen MR) is 111 cm³/mol. The maximum absolute atomic E-state index is 13.1. The van der Waals surface area contributed by atoms with Crippen LogP contribution in [0, 0.1) is 0 Å². The molecule has 0 bridgehead atoms. The van der Waals surface area contributed by atoms with E-state index < -0.39 is 0 Å². The van der Waals surface area contributed by atoms with Gasteiger partial charge < -0.3 is 15.5 Å². The first-order valence-corrected chi connectivity index (χ1v) is 9.54. The molecule has 0 saturated heterocycles. The summed E-state index contributed by atoms with van der Waals surface area (Å²) in [6.07, 6.45) is 0. The first kappa shape index (κ1) is 20.1. The number of hydrogen-bond acceptors (Lipinski definition) is 4. The smallest absolute Gasteiger partial charge is 0.316 e. The molecule has 3 amide bonds. The molecule has 1 aromatic heterocycles. The first-order valence-electron chi connectivity index (χ1n) is 9.16. The summed E-state index contributed by atoms with van der Waals surface area (Å²) in [5, 5.41) is 6.31. The van der Waals surface area contributed by atoms with E-state index in [4.69, 9.17) is 11.6 Å². The number of likely N-dealkylation sites (N-methyl/N-ethyl adjacent to an activating group) is 1. The molecule has 148 valence electrons. The number of urea groups is 1. The summed E-state index contributed by atoms with van der Waals surface area (Å²) in [5.74, 6) is 0.289. The van der Waals surface area contributed by atoms with E-state index in [9.17, 15) is 9.59 Å². The van der Waals surface area contributed by atoms with Crippen LogP contribution < -0.4 is 15.5 Å². The van der Waals surface area contributed by atoms with E-state index in [0.717, 1.165) is 5.69 Å². The summed E-state index contributed by atoms with van der Waals surface area (Å²) in [6.45, 7) is 6.07. The van der Waals surface area contributed by atoms with Crippen LogP contribution in [-0.4, -0.2) is 41.0 Å². The molecule has 8 heteroatoms. The molecule has 1 aliphatic rings. The highest BCUT2D eigenvalue weighted by Crippen LogP contribution is 2.36. The summed E-state index contributed by atoms with van der Waals surface area (Å²) >= 11 is 6.00. The van der Waals surface area contributed by atoms with Gasteiger partial charge in [-0.05, 0) is 64.2 Å². The van der Waals surface area contributed by atoms with Crippen molar-refractivity contribution < 1.29 is 9.59 Å². The van der Waals surface area contributed by atoms with Crippen molar-refractivity contribution in [2.75, 3.05) is 17.3 Å². The van der Waals surface area contributed by atoms with Gasteiger partial charge in [0.2, 0.25) is 5.91 Å². The number of benzene rings is 1. The Hall–Kier alpha value is -2.64. The highest BCUT2D eigenvalue weighted by Gasteiger charge is 2.34. The summed E-state index contributed by atoms with van der Waals surface area (Å²) in [5.41, 5.74) is 2.13. The highest BCUT2D eigenvalue weighted by atomic mass is 35.5. The van der Waals surface area contributed by atoms with Crippen LogP contribution in [0.5, 0.6) is 0 Å². The zero-order valence-corrected chi connectivity index (χ0v) is 17.1. The van der Waals surface area contributed by atoms with Crippen LogP contribution in [-0.2, 0) is 11.3 Å². The van der Waals surface area contributed by atoms with Gasteiger partial charge >= 0.3 is 6.03 Å². The van der Waals surface area contributed by atoms with Crippen LogP contribution in [0.1, 0.15) is 26.5 Å². The second kappa shape index (κ2) is 8.16. The molecule has 0 spiro atoms. The van der Waals surface area contributed by atoms with Crippen LogP contribution in [0.15, 0.2) is 36.4 Å². The summed E-state index contributed by atoms with van der Waals surface area (Å²) in [6, 6.07) is 10.2. The van der Waals surface area contributed by atoms with Crippen LogP contribution in [0.2, 0.25) is 5.02 Å². The number of halogens is 1. The Kier molecular flexibility index (Phi) is 5.86. The Labute approximate surface area is 169 Å². The molecule has 1 atom stereocenters. The molecule has 2 heterocycles. The lowest BCUT2D eigenvalue weighted by molar-refractivity contribution is -0.117. The SMILES string of the molecule is CNC(C)C(=O)Nc1ccc2c(n1)CN(C(C)C)C(=O)N2c1ccc(Cl)cc1. The average Bonchev–Trinajstić information content (AvgIpc) is 2.67. The summed E-state index contributed by atoms with van der Waals surface area (Å²) < 4.78 is 0. The number of rotatable bonds is 5. The molecule has 1 aliphatic heterocycles. The van der Waals surface area contributed by atoms with Crippen molar-refractivity contribution in [2.24, 2.45) is 0 Å². The van der Waals surface area contributed by atoms with Crippen LogP contribution >= 0.6 is 11.6 Å². The molecule has 0 fully saturated rings. The molecule has 1 unspecified atom stereocenters. The van der Waals surface area contributed by atoms with Gasteiger partial charge in [-0.2, -0.15) is 0 Å². The number of anilines is 3. The van der Waals surface area contributed by atoms with Crippen LogP contribution in [0.25, 0.3) is 0 Å². The quantitative estimate of drug-likeness (QED) is 0.799. The Bertz CT molecular complexity index is 885. The fourth-order valence-electron chi connectivity index (χ4n) is 2.95. The van der Waals surface area contributed by atoms with Crippen molar-refractivity contribution in [1.29, 1.82) is 0 Å². The van der Waals surface area contributed by atoms with Gasteiger partial charge in [-0.3, -0.25) is 9.69 Å². The fraction of sp³-hybridized carbons (Fsp3) is 0.350. The lowest BCUT2D eigenvalue weighted by Crippen LogP contribution is -2.48. The van der Waals surface area contributed by atoms with Crippen LogP contribution in [0.3, 0.4) is 0 Å². The highest BCUT2D eigenvalue weighted by molar-refractivity contribution is 6.30. The van der Waals surface area contributed by atoms with Crippen molar-refractivity contribution in [3.63, 3.8) is 0 Å². The van der Waals surface area contributed by atoms with Gasteiger partial charge in [0.05, 0.1) is 29.7 Å². The number of aromatic nitrogens is 1. The Morgan fingerprint density at radius 1 is 1.14 bits per heavy atom. The van der Waals surface area contributed by atoms with E-state index in [0.29, 0.717) is 28.8 Å². The third-order valence-corrected chi connectivity index (χ3v) is 4.99. The van der Waals surface area contributed by atoms with Gasteiger partial charge in [0.25, 0.3) is 0 Å².